The zero-order chi connectivity index (χ0) is 18.7. The number of aliphatic hydroxyl groups excluding tert-OH is 5. The minimum absolute atomic E-state index is 0.139. The molecule has 3 aliphatic carbocycles. The smallest absolute Gasteiger partial charge is 0.187 e. The Morgan fingerprint density at radius 3 is 2.46 bits per heavy atom. The van der Waals surface area contributed by atoms with Crippen molar-refractivity contribution in [1.82, 2.24) is 0 Å². The van der Waals surface area contributed by atoms with Crippen LogP contribution in [0.25, 0.3) is 0 Å². The van der Waals surface area contributed by atoms with Gasteiger partial charge in [-0.2, -0.15) is 0 Å². The number of ether oxygens (including phenoxy) is 4. The van der Waals surface area contributed by atoms with E-state index in [2.05, 4.69) is 0 Å². The number of rotatable bonds is 4. The number of hydrogen-bond acceptors (Lipinski definition) is 10. The zero-order valence-electron chi connectivity index (χ0n) is 14.2. The second-order valence-electron chi connectivity index (χ2n) is 8.42. The van der Waals surface area contributed by atoms with E-state index in [9.17, 15) is 30.6 Å². The molecule has 7 rings (SSSR count). The first-order chi connectivity index (χ1) is 12.2. The van der Waals surface area contributed by atoms with Crippen LogP contribution in [0.4, 0.5) is 0 Å². The summed E-state index contributed by atoms with van der Waals surface area (Å²) < 4.78 is 23.2. The summed E-state index contributed by atoms with van der Waals surface area (Å²) in [5.74, 6) is -1.77. The Morgan fingerprint density at radius 1 is 1.08 bits per heavy atom. The normalized spacial score (nSPS) is 65.4. The van der Waals surface area contributed by atoms with E-state index >= 15 is 0 Å². The minimum Gasteiger partial charge on any atom is -0.395 e. The molecule has 0 aromatic rings. The lowest BCUT2D eigenvalue weighted by Crippen LogP contribution is -2.80. The van der Waals surface area contributed by atoms with Gasteiger partial charge in [-0.3, -0.25) is 0 Å². The van der Waals surface area contributed by atoms with E-state index in [-0.39, 0.29) is 18.9 Å². The molecule has 10 nitrogen and oxygen atoms in total. The first kappa shape index (κ1) is 17.7. The fourth-order valence-corrected chi connectivity index (χ4v) is 6.06. The second-order valence-corrected chi connectivity index (χ2v) is 8.42. The largest absolute Gasteiger partial charge is 0.395 e. The van der Waals surface area contributed by atoms with Crippen molar-refractivity contribution in [3.63, 3.8) is 0 Å². The van der Waals surface area contributed by atoms with Crippen LogP contribution in [0.15, 0.2) is 0 Å². The third-order valence-electron chi connectivity index (χ3n) is 7.38. The van der Waals surface area contributed by atoms with E-state index in [0.29, 0.717) is 6.42 Å². The van der Waals surface area contributed by atoms with Crippen molar-refractivity contribution in [2.45, 2.75) is 73.8 Å². The Bertz CT molecular complexity index is 630. The van der Waals surface area contributed by atoms with Crippen molar-refractivity contribution in [1.29, 1.82) is 0 Å². The molecule has 7 fully saturated rings. The molecule has 148 valence electrons. The molecule has 6 bridgehead atoms. The van der Waals surface area contributed by atoms with E-state index in [1.165, 1.54) is 0 Å². The summed E-state index contributed by atoms with van der Waals surface area (Å²) in [4.78, 5) is 0. The van der Waals surface area contributed by atoms with Crippen LogP contribution in [0.2, 0.25) is 0 Å². The van der Waals surface area contributed by atoms with Gasteiger partial charge in [0.2, 0.25) is 0 Å². The first-order valence-electron chi connectivity index (χ1n) is 8.85. The molecule has 7 aliphatic rings. The molecule has 0 spiro atoms. The maximum Gasteiger partial charge on any atom is 0.187 e. The van der Waals surface area contributed by atoms with Crippen LogP contribution in [-0.2, 0) is 18.9 Å². The van der Waals surface area contributed by atoms with Gasteiger partial charge in [0.1, 0.15) is 35.6 Å². The van der Waals surface area contributed by atoms with Crippen LogP contribution in [0.1, 0.15) is 19.8 Å². The second kappa shape index (κ2) is 4.95. The summed E-state index contributed by atoms with van der Waals surface area (Å²) in [7, 11) is 0. The molecule has 4 heterocycles. The molecule has 4 aliphatic heterocycles. The predicted molar refractivity (Wildman–Crippen MR) is 79.1 cm³/mol. The van der Waals surface area contributed by atoms with E-state index in [0.717, 1.165) is 0 Å². The molecular weight excluding hydrogens is 352 g/mol. The average molecular weight is 376 g/mol. The van der Waals surface area contributed by atoms with Crippen LogP contribution < -0.4 is 0 Å². The molecular formula is C16H24O10. The fourth-order valence-electron chi connectivity index (χ4n) is 6.06. The highest BCUT2D eigenvalue weighted by Crippen LogP contribution is 2.81. The lowest BCUT2D eigenvalue weighted by Gasteiger charge is -2.67. The summed E-state index contributed by atoms with van der Waals surface area (Å²) in [6, 6.07) is 0. The summed E-state index contributed by atoms with van der Waals surface area (Å²) in [6.45, 7) is 0.840. The molecule has 11 atom stereocenters. The third-order valence-corrected chi connectivity index (χ3v) is 7.38. The molecule has 0 unspecified atom stereocenters. The first-order valence-corrected chi connectivity index (χ1v) is 8.85. The van der Waals surface area contributed by atoms with Gasteiger partial charge in [-0.1, -0.05) is 0 Å². The van der Waals surface area contributed by atoms with Gasteiger partial charge in [0, 0.05) is 12.3 Å². The molecule has 0 amide bonds. The van der Waals surface area contributed by atoms with Crippen LogP contribution in [0.5, 0.6) is 0 Å². The number of aliphatic hydroxyl groups is 6. The summed E-state index contributed by atoms with van der Waals surface area (Å²) in [5, 5.41) is 60.6. The Morgan fingerprint density at radius 2 is 1.81 bits per heavy atom. The van der Waals surface area contributed by atoms with Gasteiger partial charge >= 0.3 is 0 Å². The van der Waals surface area contributed by atoms with E-state index < -0.39 is 66.0 Å². The Balaban J connectivity index is 1.50. The molecule has 6 N–H and O–H groups in total. The third kappa shape index (κ3) is 1.61. The maximum absolute atomic E-state index is 10.8. The highest BCUT2D eigenvalue weighted by Gasteiger charge is 2.94. The molecule has 0 aromatic carbocycles. The van der Waals surface area contributed by atoms with E-state index in [1.54, 1.807) is 6.92 Å². The highest BCUT2D eigenvalue weighted by molar-refractivity contribution is 5.37. The van der Waals surface area contributed by atoms with Crippen molar-refractivity contribution < 1.29 is 49.6 Å². The Hall–Kier alpha value is -0.400. The lowest BCUT2D eigenvalue weighted by molar-refractivity contribution is -0.424. The number of hydrogen-bond donors (Lipinski definition) is 6. The summed E-state index contributed by atoms with van der Waals surface area (Å²) in [5.41, 5.74) is -3.09. The van der Waals surface area contributed by atoms with Crippen LogP contribution >= 0.6 is 0 Å². The van der Waals surface area contributed by atoms with Crippen molar-refractivity contribution in [2.24, 2.45) is 11.3 Å². The van der Waals surface area contributed by atoms with Gasteiger partial charge < -0.3 is 49.6 Å². The van der Waals surface area contributed by atoms with Crippen LogP contribution in [-0.4, -0.2) is 97.8 Å². The van der Waals surface area contributed by atoms with Crippen LogP contribution in [0.3, 0.4) is 0 Å². The van der Waals surface area contributed by atoms with Gasteiger partial charge in [0.15, 0.2) is 18.4 Å². The maximum atomic E-state index is 10.8. The van der Waals surface area contributed by atoms with E-state index in [1.807, 2.05) is 0 Å². The SMILES string of the molecule is C[C@@]12C[C@@]3(O)O[C@@H](O1)[C@@]1(CO)[C@H]3C[C@@]12O[C@@H]1O[C@H](CO)[C@@H](O)[C@H](O)[C@H]1O. The monoisotopic (exact) mass is 376 g/mol. The highest BCUT2D eigenvalue weighted by atomic mass is 16.8. The molecule has 0 aromatic heterocycles. The van der Waals surface area contributed by atoms with E-state index in [4.69, 9.17) is 18.9 Å². The van der Waals surface area contributed by atoms with Crippen molar-refractivity contribution in [3.05, 3.63) is 0 Å². The van der Waals surface area contributed by atoms with Crippen LogP contribution in [0, 0.1) is 11.3 Å². The molecule has 26 heavy (non-hydrogen) atoms. The van der Waals surface area contributed by atoms with Crippen molar-refractivity contribution in [2.75, 3.05) is 13.2 Å². The lowest BCUT2D eigenvalue weighted by atomic mass is 9.41. The summed E-state index contributed by atoms with van der Waals surface area (Å²) >= 11 is 0. The molecule has 4 saturated heterocycles. The molecule has 10 heteroatoms. The fraction of sp³-hybridized carbons (Fsp3) is 1.00. The Labute approximate surface area is 148 Å². The van der Waals surface area contributed by atoms with Gasteiger partial charge in [0.05, 0.1) is 18.6 Å². The Kier molecular flexibility index (Phi) is 3.37. The zero-order valence-corrected chi connectivity index (χ0v) is 14.2. The van der Waals surface area contributed by atoms with Crippen molar-refractivity contribution in [3.8, 4) is 0 Å². The summed E-state index contributed by atoms with van der Waals surface area (Å²) in [6.07, 6.45) is -7.43. The van der Waals surface area contributed by atoms with Gasteiger partial charge in [-0.15, -0.1) is 0 Å². The average Bonchev–Trinajstić information content (AvgIpc) is 2.77. The van der Waals surface area contributed by atoms with Gasteiger partial charge in [-0.25, -0.2) is 0 Å². The molecule has 0 radical (unpaired) electrons. The quantitative estimate of drug-likeness (QED) is 0.295. The van der Waals surface area contributed by atoms with Gasteiger partial charge in [0.25, 0.3) is 0 Å². The molecule has 3 saturated carbocycles. The van der Waals surface area contributed by atoms with Gasteiger partial charge in [-0.05, 0) is 13.3 Å². The topological polar surface area (TPSA) is 158 Å². The predicted octanol–water partition coefficient (Wildman–Crippen LogP) is -3.22. The standard InChI is InChI=1S/C16H24O10/c1-13-4-15(22)7-2-16(13,14(7,5-18)12(25-13)26-15)24-11-10(21)9(20)8(19)6(3-17)23-11/h6-12,17-22H,2-5H2,1H3/t6-,7-,8-,9+,10-,11+,12-,13+,14-,15-,16+/m1/s1. The van der Waals surface area contributed by atoms with Crippen molar-refractivity contribution >= 4 is 0 Å². The minimum atomic E-state index is -1.56.